The monoisotopic (exact) mass is 449 g/mol. The van der Waals surface area contributed by atoms with Crippen LogP contribution in [0.5, 0.6) is 0 Å². The number of benzene rings is 3. The van der Waals surface area contributed by atoms with Crippen molar-refractivity contribution in [3.63, 3.8) is 0 Å². The Kier molecular flexibility index (Phi) is 6.58. The molecule has 0 bridgehead atoms. The number of carboxylic acids is 2. The first kappa shape index (κ1) is 22.8. The fraction of sp³-hybridized carbons (Fsp3) is 0.0435. The third kappa shape index (κ3) is 5.25. The van der Waals surface area contributed by atoms with Crippen molar-refractivity contribution in [2.45, 2.75) is 0 Å². The third-order valence-corrected chi connectivity index (χ3v) is 4.61. The lowest BCUT2D eigenvalue weighted by Crippen LogP contribution is -2.18. The zero-order valence-electron chi connectivity index (χ0n) is 17.3. The standard InChI is InChI=1S/C23H19N3O7/c1-33-23(32)17-11-19(26-15-7-3-5-13(9-15)22(30)31)18(10-16(17)20(24)27)25-14-6-2-4-12(8-14)21(28)29/h2-11,25-26H,1H3,(H2,24,27)(H,28,29)(H,30,31). The molecule has 3 rings (SSSR count). The van der Waals surface area contributed by atoms with E-state index < -0.39 is 23.8 Å². The molecule has 6 N–H and O–H groups in total. The van der Waals surface area contributed by atoms with Gasteiger partial charge in [0.1, 0.15) is 0 Å². The average molecular weight is 449 g/mol. The normalized spacial score (nSPS) is 10.2. The second-order valence-electron chi connectivity index (χ2n) is 6.82. The van der Waals surface area contributed by atoms with E-state index in [-0.39, 0.29) is 33.6 Å². The lowest BCUT2D eigenvalue weighted by atomic mass is 10.0. The number of esters is 1. The Labute approximate surface area is 187 Å². The van der Waals surface area contributed by atoms with Crippen LogP contribution < -0.4 is 16.4 Å². The number of rotatable bonds is 8. The molecular weight excluding hydrogens is 430 g/mol. The van der Waals surface area contributed by atoms with Crippen LogP contribution in [0.1, 0.15) is 41.4 Å². The van der Waals surface area contributed by atoms with E-state index in [1.54, 1.807) is 12.1 Å². The Bertz CT molecular complexity index is 1270. The number of aromatic carboxylic acids is 2. The Hall–Kier alpha value is -4.86. The highest BCUT2D eigenvalue weighted by Gasteiger charge is 2.20. The predicted octanol–water partition coefficient (Wildman–Crippen LogP) is 3.46. The van der Waals surface area contributed by atoms with Gasteiger partial charge in [0.2, 0.25) is 5.91 Å². The molecule has 168 valence electrons. The number of carboxylic acid groups (broad SMARTS) is 2. The maximum Gasteiger partial charge on any atom is 0.338 e. The zero-order valence-corrected chi connectivity index (χ0v) is 17.3. The number of anilines is 4. The maximum atomic E-state index is 12.3. The molecule has 0 aliphatic heterocycles. The van der Waals surface area contributed by atoms with Gasteiger partial charge in [-0.15, -0.1) is 0 Å². The summed E-state index contributed by atoms with van der Waals surface area (Å²) >= 11 is 0. The Morgan fingerprint density at radius 1 is 0.758 bits per heavy atom. The molecule has 10 nitrogen and oxygen atoms in total. The fourth-order valence-electron chi connectivity index (χ4n) is 3.06. The number of methoxy groups -OCH3 is 1. The van der Waals surface area contributed by atoms with E-state index in [0.717, 1.165) is 7.11 Å². The summed E-state index contributed by atoms with van der Waals surface area (Å²) in [5.74, 6) is -3.93. The number of hydrogen-bond donors (Lipinski definition) is 5. The van der Waals surface area contributed by atoms with Crippen molar-refractivity contribution in [1.29, 1.82) is 0 Å². The Morgan fingerprint density at radius 3 is 1.61 bits per heavy atom. The number of primary amides is 1. The van der Waals surface area contributed by atoms with E-state index >= 15 is 0 Å². The number of carbonyl (C=O) groups excluding carboxylic acids is 2. The molecule has 0 radical (unpaired) electrons. The lowest BCUT2D eigenvalue weighted by Gasteiger charge is -2.18. The summed E-state index contributed by atoms with van der Waals surface area (Å²) in [6.45, 7) is 0. The highest BCUT2D eigenvalue weighted by atomic mass is 16.5. The molecule has 0 aromatic heterocycles. The number of nitrogens with two attached hydrogens (primary N) is 1. The molecule has 0 saturated heterocycles. The highest BCUT2D eigenvalue weighted by molar-refractivity contribution is 6.07. The smallest absolute Gasteiger partial charge is 0.338 e. The minimum absolute atomic E-state index is 0.0324. The van der Waals surface area contributed by atoms with Crippen LogP contribution in [-0.2, 0) is 4.74 Å². The molecule has 33 heavy (non-hydrogen) atoms. The van der Waals surface area contributed by atoms with Crippen molar-refractivity contribution in [2.75, 3.05) is 17.7 Å². The van der Waals surface area contributed by atoms with E-state index in [1.807, 2.05) is 0 Å². The number of ether oxygens (including phenoxy) is 1. The Morgan fingerprint density at radius 2 is 1.21 bits per heavy atom. The van der Waals surface area contributed by atoms with Gasteiger partial charge in [-0.05, 0) is 48.5 Å². The lowest BCUT2D eigenvalue weighted by molar-refractivity contribution is 0.0595. The molecule has 3 aromatic carbocycles. The molecule has 0 unspecified atom stereocenters. The van der Waals surface area contributed by atoms with Gasteiger partial charge in [-0.25, -0.2) is 14.4 Å². The molecule has 1 amide bonds. The second-order valence-corrected chi connectivity index (χ2v) is 6.82. The number of carbonyl (C=O) groups is 4. The first-order valence-electron chi connectivity index (χ1n) is 9.46. The van der Waals surface area contributed by atoms with Crippen molar-refractivity contribution in [1.82, 2.24) is 0 Å². The molecule has 0 aliphatic rings. The zero-order chi connectivity index (χ0) is 24.1. The molecule has 0 atom stereocenters. The van der Waals surface area contributed by atoms with Gasteiger partial charge >= 0.3 is 17.9 Å². The average Bonchev–Trinajstić information content (AvgIpc) is 2.79. The minimum Gasteiger partial charge on any atom is -0.478 e. The molecule has 0 fully saturated rings. The van der Waals surface area contributed by atoms with Crippen LogP contribution in [-0.4, -0.2) is 41.1 Å². The third-order valence-electron chi connectivity index (χ3n) is 4.61. The van der Waals surface area contributed by atoms with Gasteiger partial charge in [-0.1, -0.05) is 12.1 Å². The molecule has 0 saturated carbocycles. The van der Waals surface area contributed by atoms with Gasteiger partial charge in [0.05, 0.1) is 40.7 Å². The van der Waals surface area contributed by atoms with E-state index in [2.05, 4.69) is 10.6 Å². The highest BCUT2D eigenvalue weighted by Crippen LogP contribution is 2.32. The van der Waals surface area contributed by atoms with Crippen LogP contribution in [0.25, 0.3) is 0 Å². The molecule has 0 aliphatic carbocycles. The Balaban J connectivity index is 2.14. The van der Waals surface area contributed by atoms with E-state index in [9.17, 15) is 29.4 Å². The van der Waals surface area contributed by atoms with Crippen molar-refractivity contribution in [2.24, 2.45) is 5.73 Å². The van der Waals surface area contributed by atoms with Crippen LogP contribution >= 0.6 is 0 Å². The molecule has 3 aromatic rings. The van der Waals surface area contributed by atoms with Gasteiger partial charge in [-0.2, -0.15) is 0 Å². The van der Waals surface area contributed by atoms with Crippen molar-refractivity contribution < 1.29 is 34.1 Å². The van der Waals surface area contributed by atoms with Gasteiger partial charge < -0.3 is 31.3 Å². The summed E-state index contributed by atoms with van der Waals surface area (Å²) in [5, 5.41) is 24.5. The van der Waals surface area contributed by atoms with Gasteiger partial charge in [0, 0.05) is 11.4 Å². The molecule has 0 spiro atoms. The van der Waals surface area contributed by atoms with Crippen molar-refractivity contribution >= 4 is 46.6 Å². The number of hydrogen-bond acceptors (Lipinski definition) is 7. The quantitative estimate of drug-likeness (QED) is 0.323. The minimum atomic E-state index is -1.12. The van der Waals surface area contributed by atoms with Crippen LogP contribution in [0, 0.1) is 0 Å². The van der Waals surface area contributed by atoms with Crippen LogP contribution in [0.3, 0.4) is 0 Å². The largest absolute Gasteiger partial charge is 0.478 e. The van der Waals surface area contributed by atoms with Crippen molar-refractivity contribution in [3.05, 3.63) is 82.9 Å². The maximum absolute atomic E-state index is 12.3. The predicted molar refractivity (Wildman–Crippen MR) is 120 cm³/mol. The summed E-state index contributed by atoms with van der Waals surface area (Å²) in [7, 11) is 1.15. The summed E-state index contributed by atoms with van der Waals surface area (Å²) in [6, 6.07) is 14.6. The van der Waals surface area contributed by atoms with E-state index in [0.29, 0.717) is 11.4 Å². The van der Waals surface area contributed by atoms with E-state index in [4.69, 9.17) is 10.5 Å². The number of amides is 1. The SMILES string of the molecule is COC(=O)c1cc(Nc2cccc(C(=O)O)c2)c(Nc2cccc(C(=O)O)c2)cc1C(N)=O. The second kappa shape index (κ2) is 9.52. The van der Waals surface area contributed by atoms with Gasteiger partial charge in [-0.3, -0.25) is 4.79 Å². The first-order valence-corrected chi connectivity index (χ1v) is 9.46. The summed E-state index contributed by atoms with van der Waals surface area (Å²) < 4.78 is 4.75. The van der Waals surface area contributed by atoms with Crippen LogP contribution in [0.15, 0.2) is 60.7 Å². The number of nitrogens with one attached hydrogen (secondary N) is 2. The van der Waals surface area contributed by atoms with Crippen LogP contribution in [0.4, 0.5) is 22.7 Å². The topological polar surface area (TPSA) is 168 Å². The summed E-state index contributed by atoms with van der Waals surface area (Å²) in [6.07, 6.45) is 0. The molecule has 10 heteroatoms. The summed E-state index contributed by atoms with van der Waals surface area (Å²) in [5.41, 5.74) is 6.62. The van der Waals surface area contributed by atoms with Gasteiger partial charge in [0.15, 0.2) is 0 Å². The summed E-state index contributed by atoms with van der Waals surface area (Å²) in [4.78, 5) is 46.9. The van der Waals surface area contributed by atoms with Crippen molar-refractivity contribution in [3.8, 4) is 0 Å². The molecular formula is C23H19N3O7. The molecule has 0 heterocycles. The fourth-order valence-corrected chi connectivity index (χ4v) is 3.06. The van der Waals surface area contributed by atoms with Gasteiger partial charge in [0.25, 0.3) is 0 Å². The van der Waals surface area contributed by atoms with E-state index in [1.165, 1.54) is 48.5 Å². The first-order chi connectivity index (χ1) is 15.7. The van der Waals surface area contributed by atoms with Crippen LogP contribution in [0.2, 0.25) is 0 Å².